The van der Waals surface area contributed by atoms with Gasteiger partial charge in [-0.3, -0.25) is 9.59 Å². The molecule has 0 radical (unpaired) electrons. The second-order valence-electron chi connectivity index (χ2n) is 4.84. The van der Waals surface area contributed by atoms with E-state index in [2.05, 4.69) is 32.8 Å². The number of esters is 1. The summed E-state index contributed by atoms with van der Waals surface area (Å²) in [5, 5.41) is 9.07. The number of hydrogen-bond donors (Lipinski definition) is 0. The first-order valence-corrected chi connectivity index (χ1v) is 7.78. The van der Waals surface area contributed by atoms with E-state index in [1.54, 1.807) is 0 Å². The van der Waals surface area contributed by atoms with Gasteiger partial charge >= 0.3 is 5.97 Å². The fourth-order valence-corrected chi connectivity index (χ4v) is 2.76. The summed E-state index contributed by atoms with van der Waals surface area (Å²) < 4.78 is 9.51. The minimum atomic E-state index is -0.184. The summed E-state index contributed by atoms with van der Waals surface area (Å²) in [7, 11) is 2.73. The Morgan fingerprint density at radius 1 is 1.43 bits per heavy atom. The Morgan fingerprint density at radius 2 is 2.13 bits per heavy atom. The van der Waals surface area contributed by atoms with Gasteiger partial charge in [-0.2, -0.15) is 5.26 Å². The Hall–Kier alpha value is -2.13. The van der Waals surface area contributed by atoms with Crippen LogP contribution in [0.25, 0.3) is 0 Å². The van der Waals surface area contributed by atoms with Crippen LogP contribution in [0, 0.1) is 17.2 Å². The number of carbonyl (C=O) groups excluding carboxylic acids is 2. The maximum atomic E-state index is 11.8. The second-order valence-corrected chi connectivity index (χ2v) is 5.70. The maximum Gasteiger partial charge on any atom is 0.309 e. The molecule has 1 aliphatic carbocycles. The molecule has 0 amide bonds. The molecule has 2 atom stereocenters. The van der Waals surface area contributed by atoms with E-state index in [1.807, 2.05) is 24.3 Å². The summed E-state index contributed by atoms with van der Waals surface area (Å²) in [6, 6.07) is 7.78. The minimum Gasteiger partial charge on any atom is -0.471 e. The van der Waals surface area contributed by atoms with Crippen molar-refractivity contribution < 1.29 is 19.1 Å². The second kappa shape index (κ2) is 9.80. The van der Waals surface area contributed by atoms with Gasteiger partial charge in [-0.25, -0.2) is 0 Å². The summed E-state index contributed by atoms with van der Waals surface area (Å²) in [6.07, 6.45) is 5.79. The lowest BCUT2D eigenvalue weighted by Gasteiger charge is -2.26. The van der Waals surface area contributed by atoms with E-state index < -0.39 is 0 Å². The zero-order valence-electron chi connectivity index (χ0n) is 13.0. The van der Waals surface area contributed by atoms with Crippen molar-refractivity contribution in [2.45, 2.75) is 18.8 Å². The normalized spacial score (nSPS) is 18.9. The largest absolute Gasteiger partial charge is 0.471 e. The molecule has 0 aromatic heterocycles. The number of benzene rings is 1. The van der Waals surface area contributed by atoms with E-state index in [-0.39, 0.29) is 17.8 Å². The molecule has 0 saturated carbocycles. The van der Waals surface area contributed by atoms with Crippen LogP contribution in [0.2, 0.25) is 0 Å². The van der Waals surface area contributed by atoms with Gasteiger partial charge in [0.2, 0.25) is 0 Å². The van der Waals surface area contributed by atoms with Crippen LogP contribution in [0.4, 0.5) is 0 Å². The topological polar surface area (TPSA) is 76.4 Å². The lowest BCUT2D eigenvalue weighted by atomic mass is 9.79. The van der Waals surface area contributed by atoms with Gasteiger partial charge in [-0.15, -0.1) is 0 Å². The molecule has 0 N–H and O–H groups in total. The van der Waals surface area contributed by atoms with E-state index in [0.29, 0.717) is 12.0 Å². The SMILES string of the molecule is COC(=O)C1CCC=CC1c1ccc(Br)c(C#N)c1.COC=O. The number of carbonyl (C=O) groups is 2. The molecular weight excluding hydrogens is 362 g/mol. The average molecular weight is 380 g/mol. The van der Waals surface area contributed by atoms with Crippen LogP contribution in [-0.2, 0) is 19.1 Å². The number of rotatable bonds is 3. The predicted octanol–water partition coefficient (Wildman–Crippen LogP) is 3.33. The van der Waals surface area contributed by atoms with Gasteiger partial charge in [0.05, 0.1) is 25.7 Å². The molecular formula is C17H18BrNO4. The van der Waals surface area contributed by atoms with Crippen molar-refractivity contribution >= 4 is 28.4 Å². The number of allylic oxidation sites excluding steroid dienone is 2. The molecule has 0 bridgehead atoms. The lowest BCUT2D eigenvalue weighted by Crippen LogP contribution is -2.24. The molecule has 23 heavy (non-hydrogen) atoms. The van der Waals surface area contributed by atoms with Crippen LogP contribution >= 0.6 is 15.9 Å². The van der Waals surface area contributed by atoms with Crippen molar-refractivity contribution in [2.24, 2.45) is 5.92 Å². The van der Waals surface area contributed by atoms with Crippen molar-refractivity contribution in [3.63, 3.8) is 0 Å². The fourth-order valence-electron chi connectivity index (χ4n) is 2.43. The summed E-state index contributed by atoms with van der Waals surface area (Å²) in [5.74, 6) is -0.361. The minimum absolute atomic E-state index is 0.0126. The Labute approximate surface area is 144 Å². The molecule has 122 valence electrons. The zero-order chi connectivity index (χ0) is 17.2. The zero-order valence-corrected chi connectivity index (χ0v) is 14.6. The van der Waals surface area contributed by atoms with Crippen LogP contribution < -0.4 is 0 Å². The number of nitrogens with zero attached hydrogens (tertiary/aromatic N) is 1. The molecule has 1 aromatic carbocycles. The molecule has 2 unspecified atom stereocenters. The molecule has 0 aliphatic heterocycles. The van der Waals surface area contributed by atoms with Gasteiger partial charge in [-0.1, -0.05) is 18.2 Å². The molecule has 0 heterocycles. The van der Waals surface area contributed by atoms with Crippen LogP contribution in [0.3, 0.4) is 0 Å². The number of halogens is 1. The van der Waals surface area contributed by atoms with Crippen LogP contribution in [-0.4, -0.2) is 26.7 Å². The van der Waals surface area contributed by atoms with Crippen molar-refractivity contribution in [3.8, 4) is 6.07 Å². The van der Waals surface area contributed by atoms with Gasteiger partial charge in [-0.05, 0) is 46.5 Å². The summed E-state index contributed by atoms with van der Waals surface area (Å²) in [4.78, 5) is 20.8. The lowest BCUT2D eigenvalue weighted by molar-refractivity contribution is -0.146. The van der Waals surface area contributed by atoms with E-state index in [4.69, 9.17) is 14.8 Å². The van der Waals surface area contributed by atoms with Gasteiger partial charge in [0, 0.05) is 10.4 Å². The number of hydrogen-bond acceptors (Lipinski definition) is 5. The highest BCUT2D eigenvalue weighted by atomic mass is 79.9. The van der Waals surface area contributed by atoms with Gasteiger partial charge in [0.15, 0.2) is 0 Å². The first-order chi connectivity index (χ1) is 11.1. The third kappa shape index (κ3) is 5.22. The predicted molar refractivity (Wildman–Crippen MR) is 88.6 cm³/mol. The summed E-state index contributed by atoms with van der Waals surface area (Å²) in [5.41, 5.74) is 1.56. The molecule has 2 rings (SSSR count). The average Bonchev–Trinajstić information content (AvgIpc) is 2.61. The van der Waals surface area contributed by atoms with Crippen molar-refractivity contribution in [1.82, 2.24) is 0 Å². The number of nitriles is 1. The Bertz CT molecular complexity index is 622. The molecule has 5 nitrogen and oxygen atoms in total. The molecule has 1 aromatic rings. The molecule has 0 saturated heterocycles. The highest BCUT2D eigenvalue weighted by Gasteiger charge is 2.30. The van der Waals surface area contributed by atoms with E-state index in [9.17, 15) is 4.79 Å². The maximum absolute atomic E-state index is 11.8. The van der Waals surface area contributed by atoms with Crippen LogP contribution in [0.1, 0.15) is 29.9 Å². The van der Waals surface area contributed by atoms with Crippen LogP contribution in [0.5, 0.6) is 0 Å². The van der Waals surface area contributed by atoms with E-state index in [1.165, 1.54) is 14.2 Å². The smallest absolute Gasteiger partial charge is 0.309 e. The van der Waals surface area contributed by atoms with Gasteiger partial charge in [0.1, 0.15) is 6.07 Å². The van der Waals surface area contributed by atoms with Crippen molar-refractivity contribution in [2.75, 3.05) is 14.2 Å². The number of methoxy groups -OCH3 is 2. The Kier molecular flexibility index (Phi) is 8.06. The molecule has 6 heteroatoms. The fraction of sp³-hybridized carbons (Fsp3) is 0.353. The number of ether oxygens (including phenoxy) is 2. The van der Waals surface area contributed by atoms with Crippen LogP contribution in [0.15, 0.2) is 34.8 Å². The highest BCUT2D eigenvalue weighted by molar-refractivity contribution is 9.10. The van der Waals surface area contributed by atoms with Gasteiger partial charge < -0.3 is 9.47 Å². The summed E-state index contributed by atoms with van der Waals surface area (Å²) >= 11 is 3.34. The highest BCUT2D eigenvalue weighted by Crippen LogP contribution is 2.35. The first-order valence-electron chi connectivity index (χ1n) is 6.99. The third-order valence-electron chi connectivity index (χ3n) is 3.52. The van der Waals surface area contributed by atoms with E-state index in [0.717, 1.165) is 22.9 Å². The molecule has 1 aliphatic rings. The third-order valence-corrected chi connectivity index (χ3v) is 4.21. The quantitative estimate of drug-likeness (QED) is 0.457. The monoisotopic (exact) mass is 379 g/mol. The Morgan fingerprint density at radius 3 is 2.70 bits per heavy atom. The first kappa shape index (κ1) is 18.9. The molecule has 0 fully saturated rings. The molecule has 0 spiro atoms. The Balaban J connectivity index is 0.000000593. The standard InChI is InChI=1S/C15H14BrNO2.C2H4O2/c1-19-15(18)13-5-3-2-4-12(13)10-6-7-14(16)11(8-10)9-17;1-4-2-3/h2,4,6-8,12-13H,3,5H2,1H3;2H,1H3. The van der Waals surface area contributed by atoms with Gasteiger partial charge in [0.25, 0.3) is 6.47 Å². The van der Waals surface area contributed by atoms with E-state index >= 15 is 0 Å². The van der Waals surface area contributed by atoms with Crippen molar-refractivity contribution in [1.29, 1.82) is 5.26 Å². The summed E-state index contributed by atoms with van der Waals surface area (Å²) in [6.45, 7) is 0.375. The van der Waals surface area contributed by atoms with Crippen molar-refractivity contribution in [3.05, 3.63) is 46.0 Å².